The highest BCUT2D eigenvalue weighted by Crippen LogP contribution is 2.28. The highest BCUT2D eigenvalue weighted by atomic mass is 16.1. The Labute approximate surface area is 144 Å². The maximum Gasteiger partial charge on any atom is 0.251 e. The first-order valence-electron chi connectivity index (χ1n) is 9.13. The van der Waals surface area contributed by atoms with E-state index < -0.39 is 0 Å². The topological polar surface area (TPSA) is 37.3 Å². The maximum atomic E-state index is 11.9. The van der Waals surface area contributed by atoms with Gasteiger partial charge in [-0.05, 0) is 55.3 Å². The Hall–Kier alpha value is -1.81. The quantitative estimate of drug-likeness (QED) is 0.909. The molecule has 1 fully saturated rings. The molecule has 0 radical (unpaired) electrons. The summed E-state index contributed by atoms with van der Waals surface area (Å²) in [6, 6.07) is 8.68. The van der Waals surface area contributed by atoms with Crippen LogP contribution in [0.25, 0.3) is 10.9 Å². The van der Waals surface area contributed by atoms with Crippen LogP contribution in [0, 0.1) is 5.92 Å². The molecule has 2 aromatic rings. The number of carbonyl (C=O) groups excluding carboxylic acids is 1. The standard InChI is InChI=1S/C20H29N3O/c1-15(2)6-10-22-11-8-18(9-12-22)23-13-7-16-4-5-17(14-19(16)23)20(24)21-3/h4-5,7,13-15,18H,6,8-12H2,1-3H3,(H,21,24). The van der Waals surface area contributed by atoms with Crippen molar-refractivity contribution in [3.63, 3.8) is 0 Å². The molecule has 0 aliphatic carbocycles. The van der Waals surface area contributed by atoms with Gasteiger partial charge in [-0.25, -0.2) is 0 Å². The van der Waals surface area contributed by atoms with E-state index in [1.165, 1.54) is 49.8 Å². The van der Waals surface area contributed by atoms with Crippen molar-refractivity contribution < 1.29 is 4.79 Å². The summed E-state index contributed by atoms with van der Waals surface area (Å²) in [5.74, 6) is 0.757. The van der Waals surface area contributed by atoms with E-state index in [-0.39, 0.29) is 5.91 Å². The van der Waals surface area contributed by atoms with Crippen molar-refractivity contribution in [2.75, 3.05) is 26.7 Å². The lowest BCUT2D eigenvalue weighted by Crippen LogP contribution is -2.35. The second kappa shape index (κ2) is 7.39. The van der Waals surface area contributed by atoms with Gasteiger partial charge in [-0.15, -0.1) is 0 Å². The molecule has 1 N–H and O–H groups in total. The van der Waals surface area contributed by atoms with E-state index in [0.717, 1.165) is 11.5 Å². The molecule has 4 nitrogen and oxygen atoms in total. The van der Waals surface area contributed by atoms with Crippen molar-refractivity contribution in [1.82, 2.24) is 14.8 Å². The summed E-state index contributed by atoms with van der Waals surface area (Å²) in [5, 5.41) is 3.92. The summed E-state index contributed by atoms with van der Waals surface area (Å²) in [6.07, 6.45) is 5.84. The fourth-order valence-corrected chi connectivity index (χ4v) is 3.61. The molecule has 1 aromatic heterocycles. The molecule has 1 aromatic carbocycles. The second-order valence-electron chi connectivity index (χ2n) is 7.33. The molecular formula is C20H29N3O. The zero-order valence-electron chi connectivity index (χ0n) is 15.1. The van der Waals surface area contributed by atoms with Crippen LogP contribution >= 0.6 is 0 Å². The van der Waals surface area contributed by atoms with E-state index in [0.29, 0.717) is 6.04 Å². The van der Waals surface area contributed by atoms with Gasteiger partial charge in [0, 0.05) is 43.5 Å². The molecular weight excluding hydrogens is 298 g/mol. The molecule has 1 aliphatic rings. The third kappa shape index (κ3) is 3.64. The van der Waals surface area contributed by atoms with Crippen LogP contribution in [0.3, 0.4) is 0 Å². The summed E-state index contributed by atoms with van der Waals surface area (Å²) in [5.41, 5.74) is 1.91. The minimum absolute atomic E-state index is 0.0202. The maximum absolute atomic E-state index is 11.9. The van der Waals surface area contributed by atoms with Gasteiger partial charge < -0.3 is 14.8 Å². The number of rotatable bonds is 5. The number of nitrogens with zero attached hydrogens (tertiary/aromatic N) is 2. The largest absolute Gasteiger partial charge is 0.355 e. The molecule has 3 rings (SSSR count). The number of amides is 1. The van der Waals surface area contributed by atoms with Crippen molar-refractivity contribution in [1.29, 1.82) is 0 Å². The highest BCUT2D eigenvalue weighted by Gasteiger charge is 2.21. The van der Waals surface area contributed by atoms with E-state index in [4.69, 9.17) is 0 Å². The molecule has 1 saturated heterocycles. The third-order valence-electron chi connectivity index (χ3n) is 5.19. The summed E-state index contributed by atoms with van der Waals surface area (Å²) in [4.78, 5) is 14.5. The van der Waals surface area contributed by atoms with Gasteiger partial charge in [-0.3, -0.25) is 4.79 Å². The lowest BCUT2D eigenvalue weighted by atomic mass is 10.0. The van der Waals surface area contributed by atoms with Crippen LogP contribution in [0.4, 0.5) is 0 Å². The number of carbonyl (C=O) groups is 1. The van der Waals surface area contributed by atoms with Crippen molar-refractivity contribution in [3.8, 4) is 0 Å². The van der Waals surface area contributed by atoms with Crippen LogP contribution in [0.5, 0.6) is 0 Å². The summed E-state index contributed by atoms with van der Waals surface area (Å²) < 4.78 is 2.38. The zero-order chi connectivity index (χ0) is 17.1. The van der Waals surface area contributed by atoms with E-state index in [1.807, 2.05) is 18.2 Å². The molecule has 24 heavy (non-hydrogen) atoms. The number of piperidine rings is 1. The van der Waals surface area contributed by atoms with Crippen LogP contribution in [0.1, 0.15) is 49.5 Å². The van der Waals surface area contributed by atoms with E-state index in [9.17, 15) is 4.79 Å². The SMILES string of the molecule is CNC(=O)c1ccc2ccn(C3CCN(CCC(C)C)CC3)c2c1. The first-order valence-corrected chi connectivity index (χ1v) is 9.13. The van der Waals surface area contributed by atoms with E-state index >= 15 is 0 Å². The van der Waals surface area contributed by atoms with Crippen molar-refractivity contribution in [2.45, 2.75) is 39.2 Å². The Morgan fingerprint density at radius 2 is 2.00 bits per heavy atom. The van der Waals surface area contributed by atoms with E-state index in [2.05, 4.69) is 40.9 Å². The number of likely N-dealkylation sites (tertiary alicyclic amines) is 1. The fraction of sp³-hybridized carbons (Fsp3) is 0.550. The van der Waals surface area contributed by atoms with Gasteiger partial charge in [-0.1, -0.05) is 19.9 Å². The lowest BCUT2D eigenvalue weighted by molar-refractivity contribution is 0.0963. The average molecular weight is 327 g/mol. The molecule has 0 spiro atoms. The van der Waals surface area contributed by atoms with Gasteiger partial charge in [0.15, 0.2) is 0 Å². The summed E-state index contributed by atoms with van der Waals surface area (Å²) in [6.45, 7) is 8.15. The van der Waals surface area contributed by atoms with Crippen LogP contribution in [-0.2, 0) is 0 Å². The minimum atomic E-state index is -0.0202. The van der Waals surface area contributed by atoms with Crippen molar-refractivity contribution in [2.24, 2.45) is 5.92 Å². The smallest absolute Gasteiger partial charge is 0.251 e. The van der Waals surface area contributed by atoms with Gasteiger partial charge in [-0.2, -0.15) is 0 Å². The number of aromatic nitrogens is 1. The lowest BCUT2D eigenvalue weighted by Gasteiger charge is -2.33. The first kappa shape index (κ1) is 17.0. The van der Waals surface area contributed by atoms with Crippen molar-refractivity contribution >= 4 is 16.8 Å². The Morgan fingerprint density at radius 3 is 2.67 bits per heavy atom. The first-order chi connectivity index (χ1) is 11.6. The highest BCUT2D eigenvalue weighted by molar-refractivity contribution is 5.97. The van der Waals surface area contributed by atoms with Crippen molar-refractivity contribution in [3.05, 3.63) is 36.0 Å². The molecule has 4 heteroatoms. The van der Waals surface area contributed by atoms with Crippen LogP contribution < -0.4 is 5.32 Å². The van der Waals surface area contributed by atoms with Crippen LogP contribution in [-0.4, -0.2) is 42.1 Å². The van der Waals surface area contributed by atoms with Gasteiger partial charge in [0.25, 0.3) is 5.91 Å². The normalized spacial score (nSPS) is 16.8. The molecule has 1 aliphatic heterocycles. The average Bonchev–Trinajstić information content (AvgIpc) is 3.02. The van der Waals surface area contributed by atoms with Crippen LogP contribution in [0.2, 0.25) is 0 Å². The fourth-order valence-electron chi connectivity index (χ4n) is 3.61. The third-order valence-corrected chi connectivity index (χ3v) is 5.19. The monoisotopic (exact) mass is 327 g/mol. The summed E-state index contributed by atoms with van der Waals surface area (Å²) >= 11 is 0. The predicted molar refractivity (Wildman–Crippen MR) is 99.5 cm³/mol. The molecule has 130 valence electrons. The number of nitrogens with one attached hydrogen (secondary N) is 1. The second-order valence-corrected chi connectivity index (χ2v) is 7.33. The zero-order valence-corrected chi connectivity index (χ0v) is 15.1. The molecule has 0 unspecified atom stereocenters. The molecule has 0 atom stereocenters. The summed E-state index contributed by atoms with van der Waals surface area (Å²) in [7, 11) is 1.68. The minimum Gasteiger partial charge on any atom is -0.355 e. The molecule has 0 bridgehead atoms. The number of benzene rings is 1. The van der Waals surface area contributed by atoms with Gasteiger partial charge >= 0.3 is 0 Å². The van der Waals surface area contributed by atoms with Gasteiger partial charge in [0.05, 0.1) is 0 Å². The Kier molecular flexibility index (Phi) is 5.24. The predicted octanol–water partition coefficient (Wildman–Crippen LogP) is 3.68. The Bertz CT molecular complexity index is 696. The van der Waals surface area contributed by atoms with E-state index in [1.54, 1.807) is 7.05 Å². The Morgan fingerprint density at radius 1 is 1.25 bits per heavy atom. The van der Waals surface area contributed by atoms with Gasteiger partial charge in [0.2, 0.25) is 0 Å². The van der Waals surface area contributed by atoms with Gasteiger partial charge in [0.1, 0.15) is 0 Å². The molecule has 1 amide bonds. The number of hydrogen-bond donors (Lipinski definition) is 1. The number of fused-ring (bicyclic) bond motifs is 1. The van der Waals surface area contributed by atoms with Crippen LogP contribution in [0.15, 0.2) is 30.5 Å². The molecule has 2 heterocycles. The number of hydrogen-bond acceptors (Lipinski definition) is 2. The Balaban J connectivity index is 1.72. The molecule has 0 saturated carbocycles.